The molecule has 3 heteroatoms. The molecule has 0 saturated heterocycles. The molecular formula is C12H14O3. The average Bonchev–Trinajstić information content (AvgIpc) is 2.82. The Morgan fingerprint density at radius 2 is 2.20 bits per heavy atom. The van der Waals surface area contributed by atoms with Gasteiger partial charge in [0, 0.05) is 12.0 Å². The van der Waals surface area contributed by atoms with Crippen LogP contribution >= 0.6 is 0 Å². The van der Waals surface area contributed by atoms with Gasteiger partial charge in [0.2, 0.25) is 0 Å². The van der Waals surface area contributed by atoms with Gasteiger partial charge in [-0.25, -0.2) is 0 Å². The number of rotatable bonds is 2. The smallest absolute Gasteiger partial charge is 0.164 e. The second-order valence-electron chi connectivity index (χ2n) is 4.30. The third kappa shape index (κ3) is 1.30. The fourth-order valence-electron chi connectivity index (χ4n) is 2.10. The zero-order valence-electron chi connectivity index (χ0n) is 8.75. The topological polar surface area (TPSA) is 38.7 Å². The van der Waals surface area contributed by atoms with Crippen molar-refractivity contribution in [3.8, 4) is 11.5 Å². The minimum atomic E-state index is -0.592. The first kappa shape index (κ1) is 9.04. The van der Waals surface area contributed by atoms with Gasteiger partial charge in [-0.15, -0.1) is 0 Å². The lowest BCUT2D eigenvalue weighted by Gasteiger charge is -2.13. The Balaban J connectivity index is 2.11. The molecule has 0 atom stereocenters. The quantitative estimate of drug-likeness (QED) is 0.799. The van der Waals surface area contributed by atoms with E-state index in [0.717, 1.165) is 41.9 Å². The second-order valence-corrected chi connectivity index (χ2v) is 4.30. The van der Waals surface area contributed by atoms with Crippen LogP contribution in [0.15, 0.2) is 12.1 Å². The molecule has 0 aromatic heterocycles. The normalized spacial score (nSPS) is 20.7. The molecule has 1 aromatic carbocycles. The van der Waals surface area contributed by atoms with Crippen molar-refractivity contribution in [2.75, 3.05) is 13.7 Å². The summed E-state index contributed by atoms with van der Waals surface area (Å²) < 4.78 is 10.8. The summed E-state index contributed by atoms with van der Waals surface area (Å²) in [6.45, 7) is 0.716. The largest absolute Gasteiger partial charge is 0.493 e. The van der Waals surface area contributed by atoms with Gasteiger partial charge in [0.1, 0.15) is 0 Å². The molecule has 1 saturated carbocycles. The molecule has 15 heavy (non-hydrogen) atoms. The molecule has 1 N–H and O–H groups in total. The number of ether oxygens (including phenoxy) is 2. The van der Waals surface area contributed by atoms with E-state index in [4.69, 9.17) is 9.47 Å². The minimum Gasteiger partial charge on any atom is -0.493 e. The van der Waals surface area contributed by atoms with Crippen LogP contribution in [0, 0.1) is 0 Å². The third-order valence-corrected chi connectivity index (χ3v) is 3.23. The minimum absolute atomic E-state index is 0.592. The molecule has 3 rings (SSSR count). The molecule has 2 aliphatic rings. The fraction of sp³-hybridized carbons (Fsp3) is 0.500. The van der Waals surface area contributed by atoms with Crippen LogP contribution < -0.4 is 9.47 Å². The molecule has 1 aliphatic carbocycles. The van der Waals surface area contributed by atoms with Gasteiger partial charge in [-0.3, -0.25) is 0 Å². The Kier molecular flexibility index (Phi) is 1.74. The highest BCUT2D eigenvalue weighted by molar-refractivity contribution is 5.53. The van der Waals surface area contributed by atoms with E-state index in [1.54, 1.807) is 7.11 Å². The van der Waals surface area contributed by atoms with Gasteiger partial charge in [0.05, 0.1) is 19.3 Å². The molecule has 3 nitrogen and oxygen atoms in total. The number of benzene rings is 1. The van der Waals surface area contributed by atoms with Crippen molar-refractivity contribution in [3.05, 3.63) is 23.3 Å². The van der Waals surface area contributed by atoms with E-state index in [1.165, 1.54) is 0 Å². The van der Waals surface area contributed by atoms with Crippen molar-refractivity contribution in [3.63, 3.8) is 0 Å². The zero-order chi connectivity index (χ0) is 10.5. The standard InChI is InChI=1S/C12H14O3/c1-14-10-7-9(12(13)3-4-12)6-8-2-5-15-11(8)10/h6-7,13H,2-5H2,1H3. The van der Waals surface area contributed by atoms with Crippen molar-refractivity contribution in [1.82, 2.24) is 0 Å². The number of hydrogen-bond donors (Lipinski definition) is 1. The predicted molar refractivity (Wildman–Crippen MR) is 55.3 cm³/mol. The van der Waals surface area contributed by atoms with E-state index in [-0.39, 0.29) is 0 Å². The van der Waals surface area contributed by atoms with Crippen LogP contribution in [0.1, 0.15) is 24.0 Å². The molecule has 0 spiro atoms. The second kappa shape index (κ2) is 2.89. The van der Waals surface area contributed by atoms with E-state index >= 15 is 0 Å². The van der Waals surface area contributed by atoms with Crippen molar-refractivity contribution in [2.24, 2.45) is 0 Å². The summed E-state index contributed by atoms with van der Waals surface area (Å²) in [5.41, 5.74) is 1.54. The maximum atomic E-state index is 10.1. The highest BCUT2D eigenvalue weighted by Crippen LogP contribution is 2.49. The van der Waals surface area contributed by atoms with Crippen LogP contribution in [0.4, 0.5) is 0 Å². The summed E-state index contributed by atoms with van der Waals surface area (Å²) in [4.78, 5) is 0. The SMILES string of the molecule is COc1cc(C2(O)CC2)cc2c1OCC2. The number of fused-ring (bicyclic) bond motifs is 1. The zero-order valence-corrected chi connectivity index (χ0v) is 8.75. The van der Waals surface area contributed by atoms with Crippen LogP contribution in [0.25, 0.3) is 0 Å². The molecule has 1 aromatic rings. The summed E-state index contributed by atoms with van der Waals surface area (Å²) in [6.07, 6.45) is 2.63. The Morgan fingerprint density at radius 3 is 2.87 bits per heavy atom. The molecular weight excluding hydrogens is 192 g/mol. The van der Waals surface area contributed by atoms with Crippen LogP contribution in [-0.2, 0) is 12.0 Å². The fourth-order valence-corrected chi connectivity index (χ4v) is 2.10. The van der Waals surface area contributed by atoms with Gasteiger partial charge < -0.3 is 14.6 Å². The molecule has 0 unspecified atom stereocenters. The van der Waals surface area contributed by atoms with Crippen LogP contribution in [0.2, 0.25) is 0 Å². The Morgan fingerprint density at radius 1 is 1.40 bits per heavy atom. The summed E-state index contributed by atoms with van der Waals surface area (Å²) in [7, 11) is 1.64. The maximum Gasteiger partial charge on any atom is 0.164 e. The lowest BCUT2D eigenvalue weighted by molar-refractivity contribution is 0.151. The number of aliphatic hydroxyl groups is 1. The molecule has 1 heterocycles. The maximum absolute atomic E-state index is 10.1. The molecule has 1 fully saturated rings. The van der Waals surface area contributed by atoms with E-state index in [0.29, 0.717) is 6.61 Å². The van der Waals surface area contributed by atoms with Gasteiger partial charge in [-0.05, 0) is 30.5 Å². The van der Waals surface area contributed by atoms with E-state index in [2.05, 4.69) is 6.07 Å². The van der Waals surface area contributed by atoms with E-state index < -0.39 is 5.60 Å². The van der Waals surface area contributed by atoms with E-state index in [1.807, 2.05) is 6.07 Å². The first-order valence-electron chi connectivity index (χ1n) is 5.29. The summed E-state index contributed by atoms with van der Waals surface area (Å²) >= 11 is 0. The van der Waals surface area contributed by atoms with Gasteiger partial charge in [0.25, 0.3) is 0 Å². The van der Waals surface area contributed by atoms with Gasteiger partial charge in [0.15, 0.2) is 11.5 Å². The van der Waals surface area contributed by atoms with Crippen molar-refractivity contribution < 1.29 is 14.6 Å². The predicted octanol–water partition coefficient (Wildman–Crippen LogP) is 1.61. The van der Waals surface area contributed by atoms with Crippen LogP contribution in [0.3, 0.4) is 0 Å². The number of hydrogen-bond acceptors (Lipinski definition) is 3. The highest BCUT2D eigenvalue weighted by atomic mass is 16.5. The van der Waals surface area contributed by atoms with Gasteiger partial charge in [-0.2, -0.15) is 0 Å². The highest BCUT2D eigenvalue weighted by Gasteiger charge is 2.43. The summed E-state index contributed by atoms with van der Waals surface area (Å²) in [5.74, 6) is 1.60. The Hall–Kier alpha value is -1.22. The Bertz CT molecular complexity index is 408. The first-order chi connectivity index (χ1) is 7.23. The molecule has 1 aliphatic heterocycles. The number of methoxy groups -OCH3 is 1. The molecule has 0 radical (unpaired) electrons. The van der Waals surface area contributed by atoms with Gasteiger partial charge in [-0.1, -0.05) is 0 Å². The molecule has 0 bridgehead atoms. The molecule has 80 valence electrons. The van der Waals surface area contributed by atoms with Crippen LogP contribution in [-0.4, -0.2) is 18.8 Å². The Labute approximate surface area is 88.6 Å². The van der Waals surface area contributed by atoms with E-state index in [9.17, 15) is 5.11 Å². The summed E-state index contributed by atoms with van der Waals surface area (Å²) in [6, 6.07) is 3.95. The van der Waals surface area contributed by atoms with Crippen molar-refractivity contribution in [1.29, 1.82) is 0 Å². The third-order valence-electron chi connectivity index (χ3n) is 3.23. The first-order valence-corrected chi connectivity index (χ1v) is 5.29. The lowest BCUT2D eigenvalue weighted by Crippen LogP contribution is -2.05. The van der Waals surface area contributed by atoms with Gasteiger partial charge >= 0.3 is 0 Å². The monoisotopic (exact) mass is 206 g/mol. The van der Waals surface area contributed by atoms with Crippen molar-refractivity contribution in [2.45, 2.75) is 24.9 Å². The molecule has 0 amide bonds. The van der Waals surface area contributed by atoms with Crippen LogP contribution in [0.5, 0.6) is 11.5 Å². The lowest BCUT2D eigenvalue weighted by atomic mass is 10.0. The average molecular weight is 206 g/mol. The summed E-state index contributed by atoms with van der Waals surface area (Å²) in [5, 5.41) is 10.1. The van der Waals surface area contributed by atoms with Crippen molar-refractivity contribution >= 4 is 0 Å².